The molecule has 1 saturated carbocycles. The predicted octanol–water partition coefficient (Wildman–Crippen LogP) is 8.10. The van der Waals surface area contributed by atoms with Crippen LogP contribution in [-0.2, 0) is 21.3 Å². The number of carbonyl (C=O) groups excluding carboxylic acids is 1. The normalized spacial score (nSPS) is 19.9. The number of carbonyl (C=O) groups is 1. The number of nitrogens with zero attached hydrogens (tertiary/aromatic N) is 7. The molecule has 2 N–H and O–H groups in total. The number of amides is 1. The zero-order chi connectivity index (χ0) is 47.1. The Kier molecular flexibility index (Phi) is 11.2. The van der Waals surface area contributed by atoms with Crippen LogP contribution in [0.4, 0.5) is 10.1 Å². The molecule has 6 heterocycles. The van der Waals surface area contributed by atoms with Crippen molar-refractivity contribution in [3.63, 3.8) is 0 Å². The van der Waals surface area contributed by atoms with E-state index in [1.165, 1.54) is 5.56 Å². The van der Waals surface area contributed by atoms with Crippen LogP contribution in [0.3, 0.4) is 0 Å². The number of aryl methyl sites for hydroxylation is 2. The average molecular weight is 930 g/mol. The maximum absolute atomic E-state index is 15.6. The van der Waals surface area contributed by atoms with Crippen LogP contribution in [0.1, 0.15) is 110 Å². The summed E-state index contributed by atoms with van der Waals surface area (Å²) in [4.78, 5) is 47.6. The lowest BCUT2D eigenvalue weighted by Gasteiger charge is -2.34. The molecule has 0 unspecified atom stereocenters. The van der Waals surface area contributed by atoms with Crippen molar-refractivity contribution in [3.8, 4) is 17.2 Å². The third-order valence-electron chi connectivity index (χ3n) is 14.7. The minimum Gasteiger partial charge on any atom is -0.385 e. The van der Waals surface area contributed by atoms with Crippen LogP contribution in [0.15, 0.2) is 81.1 Å². The maximum Gasteiger partial charge on any atom is 0.438 e. The molecule has 3 aromatic carbocycles. The van der Waals surface area contributed by atoms with Crippen LogP contribution in [0.5, 0.6) is 0 Å². The molecule has 1 amide bonds. The summed E-state index contributed by atoms with van der Waals surface area (Å²) in [5.41, 5.74) is 5.42. The molecular formula is C50H57FN9O6P. The van der Waals surface area contributed by atoms with Gasteiger partial charge >= 0.3 is 11.4 Å². The first-order valence-electron chi connectivity index (χ1n) is 23.5. The van der Waals surface area contributed by atoms with Gasteiger partial charge in [-0.15, -0.1) is 0 Å². The SMILES string of the molecule is CCNc1cc(-n2ccn(-c3c4c(nn3-c3cc(C)c(F)c(C)c3)CCN(C(=O)c3cc5cc(C6CCOCC6)ccc5n3[C@@]3(c5noc(=O)[nH]5)C[C@@H]3C)[C@H]4C)c2=O)ccc1P(=O)(CC)CC. The van der Waals surface area contributed by atoms with Gasteiger partial charge in [0.25, 0.3) is 5.91 Å². The Morgan fingerprint density at radius 3 is 2.33 bits per heavy atom. The van der Waals surface area contributed by atoms with Crippen molar-refractivity contribution in [2.45, 2.75) is 91.6 Å². The molecule has 0 spiro atoms. The largest absolute Gasteiger partial charge is 0.438 e. The molecule has 7 aromatic rings. The van der Waals surface area contributed by atoms with E-state index >= 15 is 9.18 Å². The molecule has 1 aliphatic carbocycles. The second kappa shape index (κ2) is 16.8. The molecule has 2 fully saturated rings. The Morgan fingerprint density at radius 2 is 1.67 bits per heavy atom. The highest BCUT2D eigenvalue weighted by atomic mass is 31.2. The van der Waals surface area contributed by atoms with Gasteiger partial charge in [0, 0.05) is 84.9 Å². The number of ether oxygens (including phenoxy) is 1. The maximum atomic E-state index is 15.6. The fourth-order valence-electron chi connectivity index (χ4n) is 10.9. The number of aromatic nitrogens is 7. The highest BCUT2D eigenvalue weighted by Crippen LogP contribution is 2.56. The van der Waals surface area contributed by atoms with E-state index in [0.29, 0.717) is 108 Å². The zero-order valence-corrected chi connectivity index (χ0v) is 40.0. The molecular weight excluding hydrogens is 873 g/mol. The van der Waals surface area contributed by atoms with Crippen molar-refractivity contribution in [1.82, 2.24) is 38.5 Å². The first-order valence-corrected chi connectivity index (χ1v) is 25.6. The van der Waals surface area contributed by atoms with Crippen molar-refractivity contribution in [3.05, 3.63) is 133 Å². The Morgan fingerprint density at radius 1 is 0.955 bits per heavy atom. The number of imidazole rings is 1. The van der Waals surface area contributed by atoms with Gasteiger partial charge < -0.3 is 24.1 Å². The molecule has 3 atom stereocenters. The molecule has 15 nitrogen and oxygen atoms in total. The summed E-state index contributed by atoms with van der Waals surface area (Å²) in [6.07, 6.45) is 7.28. The number of hydrogen-bond acceptors (Lipinski definition) is 9. The standard InChI is InChI=1S/C50H57FN9O6P/c1-8-52-39-27-36(12-14-42(39)67(64,9-2)10-3)57-19-20-58(49(57)63)45-43-32(7)56(18-15-38(43)54-60(45)37-23-29(4)44(51)30(5)24-37)46(61)41-26-35-25-34(33-16-21-65-22-17-33)11-13-40(35)59(41)50(28-31(50)6)47-53-48(62)66-55-47/h11-14,19-20,23-27,31-33,52H,8-10,15-18,21-22,28H2,1-7H3,(H,53,55,62)/t31-,32-,50-/m0/s1. The van der Waals surface area contributed by atoms with Gasteiger partial charge in [-0.1, -0.05) is 32.0 Å². The molecule has 67 heavy (non-hydrogen) atoms. The van der Waals surface area contributed by atoms with Gasteiger partial charge in [-0.3, -0.25) is 23.4 Å². The molecule has 3 aliphatic rings. The molecule has 17 heteroatoms. The summed E-state index contributed by atoms with van der Waals surface area (Å²) >= 11 is 0. The van der Waals surface area contributed by atoms with E-state index in [2.05, 4.69) is 40.6 Å². The van der Waals surface area contributed by atoms with Gasteiger partial charge in [-0.2, -0.15) is 5.10 Å². The first kappa shape index (κ1) is 44.6. The third kappa shape index (κ3) is 7.17. The van der Waals surface area contributed by atoms with Crippen LogP contribution < -0.4 is 22.1 Å². The number of anilines is 1. The van der Waals surface area contributed by atoms with Crippen molar-refractivity contribution in [2.75, 3.05) is 43.9 Å². The molecule has 350 valence electrons. The van der Waals surface area contributed by atoms with Crippen LogP contribution in [-0.4, -0.2) is 83.1 Å². The van der Waals surface area contributed by atoms with Crippen molar-refractivity contribution < 1.29 is 23.0 Å². The van der Waals surface area contributed by atoms with E-state index in [4.69, 9.17) is 14.4 Å². The molecule has 4 aromatic heterocycles. The molecule has 0 radical (unpaired) electrons. The third-order valence-corrected chi connectivity index (χ3v) is 18.0. The van der Waals surface area contributed by atoms with Crippen molar-refractivity contribution in [1.29, 1.82) is 0 Å². The summed E-state index contributed by atoms with van der Waals surface area (Å²) in [5.74, 6) is -0.0477. The van der Waals surface area contributed by atoms with E-state index in [1.807, 2.05) is 61.4 Å². The highest BCUT2D eigenvalue weighted by Gasteiger charge is 2.59. The van der Waals surface area contributed by atoms with Gasteiger partial charge in [0.1, 0.15) is 30.0 Å². The van der Waals surface area contributed by atoms with E-state index in [1.54, 1.807) is 52.2 Å². The number of H-pyrrole nitrogens is 1. The van der Waals surface area contributed by atoms with Crippen LogP contribution >= 0.6 is 7.14 Å². The van der Waals surface area contributed by atoms with Crippen LogP contribution in [0.25, 0.3) is 28.1 Å². The fourth-order valence-corrected chi connectivity index (χ4v) is 12.9. The predicted molar refractivity (Wildman–Crippen MR) is 256 cm³/mol. The number of rotatable bonds is 12. The second-order valence-electron chi connectivity index (χ2n) is 18.5. The Labute approximate surface area is 387 Å². The number of halogens is 1. The highest BCUT2D eigenvalue weighted by molar-refractivity contribution is 7.71. The van der Waals surface area contributed by atoms with Crippen LogP contribution in [0.2, 0.25) is 0 Å². The summed E-state index contributed by atoms with van der Waals surface area (Å²) in [6.45, 7) is 15.6. The molecule has 10 rings (SSSR count). The number of benzene rings is 3. The Hall–Kier alpha value is -6.25. The quantitative estimate of drug-likeness (QED) is 0.115. The van der Waals surface area contributed by atoms with Gasteiger partial charge in [0.15, 0.2) is 5.82 Å². The number of nitrogens with one attached hydrogen (secondary N) is 2. The van der Waals surface area contributed by atoms with Gasteiger partial charge in [0.2, 0.25) is 0 Å². The minimum absolute atomic E-state index is 0.0205. The number of aromatic amines is 1. The smallest absolute Gasteiger partial charge is 0.385 e. The summed E-state index contributed by atoms with van der Waals surface area (Å²) in [7, 11) is -2.66. The number of fused-ring (bicyclic) bond motifs is 2. The lowest BCUT2D eigenvalue weighted by molar-refractivity contribution is 0.0663. The van der Waals surface area contributed by atoms with Gasteiger partial charge in [0.05, 0.1) is 23.1 Å². The lowest BCUT2D eigenvalue weighted by atomic mass is 9.91. The van der Waals surface area contributed by atoms with Crippen molar-refractivity contribution >= 4 is 34.9 Å². The summed E-state index contributed by atoms with van der Waals surface area (Å²) in [6, 6.07) is 16.8. The minimum atomic E-state index is -2.66. The first-order chi connectivity index (χ1) is 32.2. The topological polar surface area (TPSA) is 167 Å². The average Bonchev–Trinajstić information content (AvgIpc) is 3.83. The fraction of sp³-hybridized carbons (Fsp3) is 0.420. The second-order valence-corrected chi connectivity index (χ2v) is 22.1. The molecule has 2 aliphatic heterocycles. The van der Waals surface area contributed by atoms with Gasteiger partial charge in [-0.05, 0) is 124 Å². The lowest BCUT2D eigenvalue weighted by Crippen LogP contribution is -2.41. The summed E-state index contributed by atoms with van der Waals surface area (Å²) in [5, 5.41) is 14.4. The zero-order valence-electron chi connectivity index (χ0n) is 39.1. The Balaban J connectivity index is 1.11. The van der Waals surface area contributed by atoms with E-state index < -0.39 is 24.5 Å². The Bertz CT molecular complexity index is 3230. The van der Waals surface area contributed by atoms with Gasteiger partial charge in [-0.25, -0.2) is 18.7 Å². The van der Waals surface area contributed by atoms with Crippen LogP contribution in [0, 0.1) is 25.6 Å². The summed E-state index contributed by atoms with van der Waals surface area (Å²) < 4.78 is 46.7. The van der Waals surface area contributed by atoms with E-state index in [0.717, 1.165) is 34.7 Å². The van der Waals surface area contributed by atoms with E-state index in [9.17, 15) is 14.2 Å². The van der Waals surface area contributed by atoms with Crippen molar-refractivity contribution in [2.24, 2.45) is 5.92 Å². The van der Waals surface area contributed by atoms with E-state index in [-0.39, 0.29) is 23.3 Å². The molecule has 0 bridgehead atoms. The monoisotopic (exact) mass is 929 g/mol. The molecule has 1 saturated heterocycles. The number of hydrogen-bond donors (Lipinski definition) is 2.